The van der Waals surface area contributed by atoms with E-state index >= 15 is 0 Å². The lowest BCUT2D eigenvalue weighted by Crippen LogP contribution is -2.35. The molecule has 7 nitrogen and oxygen atoms in total. The predicted molar refractivity (Wildman–Crippen MR) is 119 cm³/mol. The van der Waals surface area contributed by atoms with Crippen molar-refractivity contribution in [3.8, 4) is 11.8 Å². The molecule has 5 rings (SSSR count). The molecule has 2 aliphatic rings. The summed E-state index contributed by atoms with van der Waals surface area (Å²) in [6, 6.07) is 8.64. The zero-order valence-electron chi connectivity index (χ0n) is 18.0. The van der Waals surface area contributed by atoms with Crippen LogP contribution in [0.3, 0.4) is 0 Å². The SMILES string of the molecule is CC(C#N)N1Cc2cc(Cl)ccc2-n2c(nnc2C2CCN(c3ncc(F)cc3F)CC2)C1. The number of anilines is 1. The van der Waals surface area contributed by atoms with Crippen molar-refractivity contribution in [3.05, 3.63) is 64.3 Å². The van der Waals surface area contributed by atoms with E-state index in [1.165, 1.54) is 0 Å². The molecule has 2 aliphatic heterocycles. The van der Waals surface area contributed by atoms with E-state index < -0.39 is 11.6 Å². The molecule has 0 bridgehead atoms. The molecule has 4 heterocycles. The van der Waals surface area contributed by atoms with Crippen LogP contribution in [0.25, 0.3) is 5.69 Å². The summed E-state index contributed by atoms with van der Waals surface area (Å²) in [5.41, 5.74) is 1.98. The first-order chi connectivity index (χ1) is 15.9. The van der Waals surface area contributed by atoms with Gasteiger partial charge in [-0.1, -0.05) is 11.6 Å². The quantitative estimate of drug-likeness (QED) is 0.572. The average Bonchev–Trinajstić information content (AvgIpc) is 3.14. The number of hydrogen-bond acceptors (Lipinski definition) is 6. The lowest BCUT2D eigenvalue weighted by atomic mass is 9.95. The summed E-state index contributed by atoms with van der Waals surface area (Å²) in [5.74, 6) is 0.595. The summed E-state index contributed by atoms with van der Waals surface area (Å²) in [4.78, 5) is 7.84. The van der Waals surface area contributed by atoms with Gasteiger partial charge in [0.15, 0.2) is 17.5 Å². The Kier molecular flexibility index (Phi) is 5.72. The number of aromatic nitrogens is 4. The topological polar surface area (TPSA) is 73.9 Å². The van der Waals surface area contributed by atoms with Gasteiger partial charge in [0.05, 0.1) is 30.5 Å². The first-order valence-electron chi connectivity index (χ1n) is 10.9. The lowest BCUT2D eigenvalue weighted by molar-refractivity contribution is 0.225. The summed E-state index contributed by atoms with van der Waals surface area (Å²) < 4.78 is 29.5. The second kappa shape index (κ2) is 8.69. The zero-order chi connectivity index (χ0) is 23.1. The van der Waals surface area contributed by atoms with E-state index in [1.807, 2.05) is 30.0 Å². The molecule has 10 heteroatoms. The maximum atomic E-state index is 14.2. The van der Waals surface area contributed by atoms with Crippen molar-refractivity contribution in [2.75, 3.05) is 18.0 Å². The molecule has 1 saturated heterocycles. The number of nitrogens with zero attached hydrogens (tertiary/aromatic N) is 7. The number of benzene rings is 1. The third-order valence-electron chi connectivity index (χ3n) is 6.44. The van der Waals surface area contributed by atoms with Gasteiger partial charge in [-0.05, 0) is 43.5 Å². The number of nitriles is 1. The van der Waals surface area contributed by atoms with Crippen LogP contribution >= 0.6 is 11.6 Å². The second-order valence-corrected chi connectivity index (χ2v) is 8.95. The third kappa shape index (κ3) is 4.05. The molecule has 0 saturated carbocycles. The maximum Gasteiger partial charge on any atom is 0.168 e. The summed E-state index contributed by atoms with van der Waals surface area (Å²) in [6.07, 6.45) is 2.51. The lowest BCUT2D eigenvalue weighted by Gasteiger charge is -2.32. The summed E-state index contributed by atoms with van der Waals surface area (Å²) >= 11 is 6.29. The highest BCUT2D eigenvalue weighted by Crippen LogP contribution is 2.35. The van der Waals surface area contributed by atoms with E-state index in [4.69, 9.17) is 11.6 Å². The molecule has 1 fully saturated rings. The molecule has 0 N–H and O–H groups in total. The number of pyridine rings is 1. The highest BCUT2D eigenvalue weighted by molar-refractivity contribution is 6.30. The van der Waals surface area contributed by atoms with Gasteiger partial charge in [0.1, 0.15) is 11.6 Å². The van der Waals surface area contributed by atoms with E-state index in [0.717, 1.165) is 48.0 Å². The second-order valence-electron chi connectivity index (χ2n) is 8.51. The Labute approximate surface area is 195 Å². The molecule has 1 unspecified atom stereocenters. The van der Waals surface area contributed by atoms with Gasteiger partial charge in [-0.2, -0.15) is 5.26 Å². The van der Waals surface area contributed by atoms with Crippen molar-refractivity contribution in [3.63, 3.8) is 0 Å². The maximum absolute atomic E-state index is 14.2. The van der Waals surface area contributed by atoms with Gasteiger partial charge in [0, 0.05) is 36.6 Å². The molecule has 0 spiro atoms. The van der Waals surface area contributed by atoms with Crippen molar-refractivity contribution >= 4 is 17.4 Å². The van der Waals surface area contributed by atoms with Crippen molar-refractivity contribution in [1.29, 1.82) is 5.26 Å². The Morgan fingerprint density at radius 1 is 1.15 bits per heavy atom. The van der Waals surface area contributed by atoms with E-state index in [0.29, 0.717) is 31.2 Å². The number of rotatable bonds is 3. The summed E-state index contributed by atoms with van der Waals surface area (Å²) in [5, 5.41) is 19.1. The van der Waals surface area contributed by atoms with E-state index in [-0.39, 0.29) is 17.8 Å². The number of fused-ring (bicyclic) bond motifs is 3. The van der Waals surface area contributed by atoms with E-state index in [1.54, 1.807) is 0 Å². The number of piperidine rings is 1. The highest BCUT2D eigenvalue weighted by Gasteiger charge is 2.31. The van der Waals surface area contributed by atoms with Gasteiger partial charge in [0.2, 0.25) is 0 Å². The fraction of sp³-hybridized carbons (Fsp3) is 0.391. The Morgan fingerprint density at radius 3 is 2.67 bits per heavy atom. The van der Waals surface area contributed by atoms with Crippen molar-refractivity contribution in [2.45, 2.75) is 44.8 Å². The molecule has 170 valence electrons. The van der Waals surface area contributed by atoms with Crippen LogP contribution in [0.2, 0.25) is 5.02 Å². The molecule has 1 atom stereocenters. The molecular weight excluding hydrogens is 448 g/mol. The van der Waals surface area contributed by atoms with Gasteiger partial charge in [-0.15, -0.1) is 10.2 Å². The monoisotopic (exact) mass is 469 g/mol. The number of halogens is 3. The van der Waals surface area contributed by atoms with Gasteiger partial charge in [-0.3, -0.25) is 9.47 Å². The largest absolute Gasteiger partial charge is 0.354 e. The Bertz CT molecular complexity index is 1230. The fourth-order valence-electron chi connectivity index (χ4n) is 4.66. The normalized spacial score (nSPS) is 17.7. The first-order valence-corrected chi connectivity index (χ1v) is 11.2. The van der Waals surface area contributed by atoms with Crippen molar-refractivity contribution < 1.29 is 8.78 Å². The van der Waals surface area contributed by atoms with Crippen molar-refractivity contribution in [2.24, 2.45) is 0 Å². The molecule has 0 radical (unpaired) electrons. The average molecular weight is 470 g/mol. The van der Waals surface area contributed by atoms with E-state index in [9.17, 15) is 14.0 Å². The van der Waals surface area contributed by atoms with Crippen LogP contribution in [-0.2, 0) is 13.1 Å². The molecule has 0 amide bonds. The van der Waals surface area contributed by atoms with Gasteiger partial charge in [0.25, 0.3) is 0 Å². The zero-order valence-corrected chi connectivity index (χ0v) is 18.8. The Balaban J connectivity index is 1.45. The Morgan fingerprint density at radius 2 is 1.94 bits per heavy atom. The first kappa shape index (κ1) is 21.7. The molecule has 1 aromatic carbocycles. The molecule has 0 aliphatic carbocycles. The summed E-state index contributed by atoms with van der Waals surface area (Å²) in [6.45, 7) is 4.11. The fourth-order valence-corrected chi connectivity index (χ4v) is 4.85. The van der Waals surface area contributed by atoms with Crippen LogP contribution in [-0.4, -0.2) is 43.8 Å². The smallest absolute Gasteiger partial charge is 0.168 e. The van der Waals surface area contributed by atoms with Crippen LogP contribution in [0.4, 0.5) is 14.6 Å². The molecule has 2 aromatic heterocycles. The van der Waals surface area contributed by atoms with Gasteiger partial charge >= 0.3 is 0 Å². The van der Waals surface area contributed by atoms with Crippen LogP contribution in [0, 0.1) is 23.0 Å². The molecule has 3 aromatic rings. The van der Waals surface area contributed by atoms with Gasteiger partial charge < -0.3 is 4.90 Å². The van der Waals surface area contributed by atoms with Crippen molar-refractivity contribution in [1.82, 2.24) is 24.6 Å². The van der Waals surface area contributed by atoms with Crippen LogP contribution in [0.15, 0.2) is 30.5 Å². The van der Waals surface area contributed by atoms with Crippen LogP contribution in [0.1, 0.15) is 42.9 Å². The standard InChI is InChI=1S/C23H22ClF2N7/c1-14(10-27)32-12-16-8-17(24)2-3-20(16)33-21(13-32)29-30-22(33)15-4-6-31(7-5-15)23-19(26)9-18(25)11-28-23/h2-3,8-9,11,14-15H,4-7,12-13H2,1H3. The Hall–Kier alpha value is -3.09. The minimum absolute atomic E-state index is 0.120. The minimum Gasteiger partial charge on any atom is -0.354 e. The minimum atomic E-state index is -0.684. The molecular formula is C23H22ClF2N7. The third-order valence-corrected chi connectivity index (χ3v) is 6.67. The number of hydrogen-bond donors (Lipinski definition) is 0. The summed E-state index contributed by atoms with van der Waals surface area (Å²) in [7, 11) is 0. The van der Waals surface area contributed by atoms with Crippen LogP contribution < -0.4 is 4.90 Å². The molecule has 33 heavy (non-hydrogen) atoms. The van der Waals surface area contributed by atoms with Gasteiger partial charge in [-0.25, -0.2) is 13.8 Å². The highest BCUT2D eigenvalue weighted by atomic mass is 35.5. The van der Waals surface area contributed by atoms with E-state index in [2.05, 4.69) is 30.7 Å². The predicted octanol–water partition coefficient (Wildman–Crippen LogP) is 4.21. The van der Waals surface area contributed by atoms with Crippen LogP contribution in [0.5, 0.6) is 0 Å².